The molecule has 1 saturated heterocycles. The molecule has 20 nitrogen and oxygen atoms in total. The summed E-state index contributed by atoms with van der Waals surface area (Å²) in [7, 11) is -2.63. The third-order valence-corrected chi connectivity index (χ3v) is 12.6. The maximum atomic E-state index is 13.7. The average molecular weight is 1010 g/mol. The molecular formula is C51H58N4O16P-. The molecule has 4 atom stereocenters. The lowest BCUT2D eigenvalue weighted by Gasteiger charge is -2.37. The van der Waals surface area contributed by atoms with E-state index >= 15 is 0 Å². The van der Waals surface area contributed by atoms with Crippen molar-refractivity contribution in [2.24, 2.45) is 10.8 Å². The number of H-pyrrole nitrogens is 1. The summed E-state index contributed by atoms with van der Waals surface area (Å²) in [5.41, 5.74) is -3.00. The number of amides is 2. The summed E-state index contributed by atoms with van der Waals surface area (Å²) < 4.78 is 52.8. The second-order valence-electron chi connectivity index (χ2n) is 19.8. The Bertz CT molecular complexity index is 2900. The van der Waals surface area contributed by atoms with E-state index in [9.17, 15) is 43.0 Å². The van der Waals surface area contributed by atoms with Crippen LogP contribution in [0.15, 0.2) is 76.5 Å². The van der Waals surface area contributed by atoms with Crippen LogP contribution in [0.3, 0.4) is 0 Å². The lowest BCUT2D eigenvalue weighted by atomic mass is 9.77. The summed E-state index contributed by atoms with van der Waals surface area (Å²) in [6.45, 7) is 11.6. The van der Waals surface area contributed by atoms with Gasteiger partial charge in [-0.25, -0.2) is 9.59 Å². The zero-order valence-corrected chi connectivity index (χ0v) is 42.1. The highest BCUT2D eigenvalue weighted by molar-refractivity contribution is 7.50. The van der Waals surface area contributed by atoms with Crippen LogP contribution in [-0.2, 0) is 43.3 Å². The number of hydrogen-bond donors (Lipinski definition) is 3. The molecule has 7 rings (SSSR count). The molecule has 4 aromatic rings. The van der Waals surface area contributed by atoms with Gasteiger partial charge in [0.2, 0.25) is 5.91 Å². The number of esters is 3. The number of aromatic nitrogens is 2. The molecule has 3 aromatic carbocycles. The van der Waals surface area contributed by atoms with Crippen molar-refractivity contribution in [3.8, 4) is 23.0 Å². The van der Waals surface area contributed by atoms with Gasteiger partial charge in [-0.15, -0.1) is 0 Å². The Labute approximate surface area is 414 Å². The number of unbranched alkanes of at least 4 members (excludes halogenated alkanes) is 3. The zero-order chi connectivity index (χ0) is 52.3. The van der Waals surface area contributed by atoms with Gasteiger partial charge in [-0.2, -0.15) is 0 Å². The van der Waals surface area contributed by atoms with Gasteiger partial charge in [-0.3, -0.25) is 33.5 Å². The standard InChI is InChI=1S/C51H59N4O16P/c1-49(2,3)46(60)67-31-15-18-34-37(24-31)69-38-25-32(68-47(61)50(4,5)6)16-19-35(38)51(34)36-23-29(13-17-33(36)45(59)71-51)43(57)53-22-12-10-9-11-21-52-41(56)20-14-30-27-55(48(62)54-44(30)58)42-26-39(65-7)40(70-42)28-66-72(8,63)64/h13-20,23-25,27,39-40,42H,9-12,21-22,26,28H2,1-8H3,(H,52,56)(H,53,57)(H,63,64)(H,54,58,62)/p-1/b20-14+/t39?,40-,42-/m1/s1. The van der Waals surface area contributed by atoms with Crippen LogP contribution < -0.4 is 41.0 Å². The Hall–Kier alpha value is -6.70. The summed E-state index contributed by atoms with van der Waals surface area (Å²) in [6.07, 6.45) is 4.26. The lowest BCUT2D eigenvalue weighted by molar-refractivity contribution is -0.200. The molecule has 0 radical (unpaired) electrons. The fourth-order valence-corrected chi connectivity index (χ4v) is 8.54. The third kappa shape index (κ3) is 12.0. The molecule has 384 valence electrons. The van der Waals surface area contributed by atoms with Gasteiger partial charge in [-0.05, 0) is 103 Å². The van der Waals surface area contributed by atoms with Crippen LogP contribution in [0.2, 0.25) is 0 Å². The van der Waals surface area contributed by atoms with E-state index in [1.54, 1.807) is 77.9 Å². The highest BCUT2D eigenvalue weighted by Crippen LogP contribution is 2.57. The van der Waals surface area contributed by atoms with Gasteiger partial charge in [0.25, 0.3) is 11.5 Å². The van der Waals surface area contributed by atoms with Crippen molar-refractivity contribution >= 4 is 43.4 Å². The van der Waals surface area contributed by atoms with E-state index in [0.29, 0.717) is 42.6 Å². The van der Waals surface area contributed by atoms with E-state index in [4.69, 9.17) is 32.9 Å². The number of ether oxygens (including phenoxy) is 6. The minimum Gasteiger partial charge on any atom is -0.779 e. The predicted octanol–water partition coefficient (Wildman–Crippen LogP) is 5.63. The Kier molecular flexibility index (Phi) is 15.6. The molecule has 0 aliphatic carbocycles. The van der Waals surface area contributed by atoms with E-state index in [1.807, 2.05) is 0 Å². The van der Waals surface area contributed by atoms with E-state index in [1.165, 1.54) is 43.7 Å². The molecule has 1 spiro atoms. The minimum atomic E-state index is -4.04. The van der Waals surface area contributed by atoms with Crippen molar-refractivity contribution in [2.75, 3.05) is 33.5 Å². The number of rotatable bonds is 17. The van der Waals surface area contributed by atoms with E-state index < -0.39 is 77.5 Å². The quantitative estimate of drug-likeness (QED) is 0.0380. The Morgan fingerprint density at radius 2 is 1.44 bits per heavy atom. The van der Waals surface area contributed by atoms with Crippen LogP contribution in [-0.4, -0.2) is 85.0 Å². The number of carbonyl (C=O) groups is 5. The highest BCUT2D eigenvalue weighted by Gasteiger charge is 2.54. The Morgan fingerprint density at radius 3 is 2.01 bits per heavy atom. The van der Waals surface area contributed by atoms with E-state index in [2.05, 4.69) is 15.6 Å². The van der Waals surface area contributed by atoms with Gasteiger partial charge in [0.1, 0.15) is 42.9 Å². The van der Waals surface area contributed by atoms with Crippen molar-refractivity contribution in [3.63, 3.8) is 0 Å². The van der Waals surface area contributed by atoms with Crippen LogP contribution in [0, 0.1) is 10.8 Å². The van der Waals surface area contributed by atoms with Gasteiger partial charge in [-0.1, -0.05) is 12.8 Å². The molecule has 72 heavy (non-hydrogen) atoms. The first-order chi connectivity index (χ1) is 33.9. The largest absolute Gasteiger partial charge is 0.779 e. The lowest BCUT2D eigenvalue weighted by Crippen LogP contribution is -2.33. The van der Waals surface area contributed by atoms with Crippen molar-refractivity contribution < 1.29 is 66.4 Å². The second-order valence-corrected chi connectivity index (χ2v) is 21.6. The van der Waals surface area contributed by atoms with Crippen LogP contribution in [0.4, 0.5) is 0 Å². The molecular weight excluding hydrogens is 956 g/mol. The number of methoxy groups -OCH3 is 1. The van der Waals surface area contributed by atoms with Crippen molar-refractivity contribution in [1.29, 1.82) is 0 Å². The Morgan fingerprint density at radius 1 is 0.847 bits per heavy atom. The van der Waals surface area contributed by atoms with Gasteiger partial charge in [0, 0.05) is 79.9 Å². The number of benzene rings is 3. The van der Waals surface area contributed by atoms with Crippen molar-refractivity contribution in [2.45, 2.75) is 97.7 Å². The molecule has 2 unspecified atom stereocenters. The van der Waals surface area contributed by atoms with Crippen LogP contribution in [0.25, 0.3) is 6.08 Å². The van der Waals surface area contributed by atoms with Crippen molar-refractivity contribution in [1.82, 2.24) is 20.2 Å². The van der Waals surface area contributed by atoms with Crippen LogP contribution in [0.1, 0.15) is 123 Å². The summed E-state index contributed by atoms with van der Waals surface area (Å²) >= 11 is 0. The van der Waals surface area contributed by atoms with Gasteiger partial charge >= 0.3 is 23.6 Å². The molecule has 1 aromatic heterocycles. The Balaban J connectivity index is 0.953. The van der Waals surface area contributed by atoms with E-state index in [0.717, 1.165) is 24.1 Å². The maximum absolute atomic E-state index is 13.7. The number of carbonyl (C=O) groups excluding carboxylic acids is 5. The number of aromatic amines is 1. The molecule has 0 saturated carbocycles. The fraction of sp³-hybridized carbons (Fsp3) is 0.431. The topological polar surface area (TPSA) is 269 Å². The summed E-state index contributed by atoms with van der Waals surface area (Å²) in [5, 5.41) is 5.70. The number of nitrogens with zero attached hydrogens (tertiary/aromatic N) is 1. The maximum Gasteiger partial charge on any atom is 0.340 e. The van der Waals surface area contributed by atoms with Crippen molar-refractivity contribution in [3.05, 3.63) is 121 Å². The third-order valence-electron chi connectivity index (χ3n) is 12.0. The zero-order valence-electron chi connectivity index (χ0n) is 41.2. The summed E-state index contributed by atoms with van der Waals surface area (Å²) in [6, 6.07) is 14.2. The normalized spacial score (nSPS) is 18.6. The smallest absolute Gasteiger partial charge is 0.340 e. The molecule has 1 fully saturated rings. The van der Waals surface area contributed by atoms with Gasteiger partial charge < -0.3 is 53.0 Å². The SMILES string of the molecule is COC1C[C@H](n2cc(/C=C/C(=O)NCCCCCCNC(=O)c3ccc4c(c3)C3(OC4=O)c4ccc(OC(=O)C(C)(C)C)cc4Oc4cc(OC(=O)C(C)(C)C)ccc43)c(=O)[nH]c2=O)O[C@@H]1COP(C)(=O)[O-]. The number of nitrogens with one attached hydrogen (secondary N) is 3. The number of hydrogen-bond acceptors (Lipinski definition) is 16. The van der Waals surface area contributed by atoms with Crippen LogP contribution in [0.5, 0.6) is 23.0 Å². The molecule has 21 heteroatoms. The first kappa shape index (κ1) is 53.1. The monoisotopic (exact) mass is 1010 g/mol. The molecule has 0 bridgehead atoms. The summed E-state index contributed by atoms with van der Waals surface area (Å²) in [4.78, 5) is 105. The van der Waals surface area contributed by atoms with Gasteiger partial charge in [0.15, 0.2) is 5.60 Å². The average Bonchev–Trinajstić information content (AvgIpc) is 3.85. The summed E-state index contributed by atoms with van der Waals surface area (Å²) in [5.74, 6) is -1.66. The molecule has 3 N–H and O–H groups in total. The molecule has 3 aliphatic rings. The first-order valence-electron chi connectivity index (χ1n) is 23.4. The van der Waals surface area contributed by atoms with Gasteiger partial charge in [0.05, 0.1) is 34.7 Å². The molecule has 2 amide bonds. The molecule has 4 heterocycles. The molecule has 3 aliphatic heterocycles. The number of fused-ring (bicyclic) bond motifs is 6. The minimum absolute atomic E-state index is 0.00806. The first-order valence-corrected chi connectivity index (χ1v) is 25.4. The second kappa shape index (κ2) is 21.2. The fourth-order valence-electron chi connectivity index (χ4n) is 8.13. The predicted molar refractivity (Wildman–Crippen MR) is 258 cm³/mol. The van der Waals surface area contributed by atoms with Crippen LogP contribution >= 0.6 is 7.60 Å². The highest BCUT2D eigenvalue weighted by atomic mass is 31.2. The van der Waals surface area contributed by atoms with E-state index in [-0.39, 0.29) is 58.6 Å².